The van der Waals surface area contributed by atoms with Crippen LogP contribution in [0, 0.1) is 6.92 Å². The number of amides is 1. The highest BCUT2D eigenvalue weighted by atomic mass is 16.5. The van der Waals surface area contributed by atoms with Gasteiger partial charge in [0.05, 0.1) is 31.1 Å². The number of nitrogens with zero attached hydrogens (tertiary/aromatic N) is 1. The lowest BCUT2D eigenvalue weighted by Crippen LogP contribution is -2.48. The Morgan fingerprint density at radius 2 is 2.35 bits per heavy atom. The fourth-order valence-electron chi connectivity index (χ4n) is 2.50. The van der Waals surface area contributed by atoms with Gasteiger partial charge in [-0.25, -0.2) is 0 Å². The van der Waals surface area contributed by atoms with E-state index in [9.17, 15) is 4.79 Å². The number of nitrogens with one attached hydrogen (secondary N) is 1. The number of rotatable bonds is 4. The molecule has 1 amide bonds. The minimum atomic E-state index is -0.0219. The van der Waals surface area contributed by atoms with Gasteiger partial charge in [0.1, 0.15) is 0 Å². The van der Waals surface area contributed by atoms with Gasteiger partial charge in [0.25, 0.3) is 0 Å². The van der Waals surface area contributed by atoms with Gasteiger partial charge in [-0.15, -0.1) is 0 Å². The molecule has 1 heterocycles. The Hall–Kier alpha value is -1.59. The van der Waals surface area contributed by atoms with Gasteiger partial charge in [0, 0.05) is 12.6 Å². The van der Waals surface area contributed by atoms with Crippen LogP contribution in [0.3, 0.4) is 0 Å². The number of ether oxygens (including phenoxy) is 1. The van der Waals surface area contributed by atoms with E-state index in [1.807, 2.05) is 19.1 Å². The first kappa shape index (κ1) is 14.8. The van der Waals surface area contributed by atoms with Gasteiger partial charge >= 0.3 is 0 Å². The van der Waals surface area contributed by atoms with Crippen molar-refractivity contribution in [2.75, 3.05) is 37.4 Å². The summed E-state index contributed by atoms with van der Waals surface area (Å²) in [6.45, 7) is 6.64. The van der Waals surface area contributed by atoms with Crippen molar-refractivity contribution in [3.63, 3.8) is 0 Å². The van der Waals surface area contributed by atoms with E-state index < -0.39 is 0 Å². The number of aryl methyl sites for hydroxylation is 1. The largest absolute Gasteiger partial charge is 0.397 e. The van der Waals surface area contributed by atoms with E-state index in [1.54, 1.807) is 6.07 Å². The molecule has 3 N–H and O–H groups in total. The molecule has 0 aliphatic carbocycles. The lowest BCUT2D eigenvalue weighted by Gasteiger charge is -2.34. The van der Waals surface area contributed by atoms with E-state index in [0.717, 1.165) is 24.2 Å². The Balaban J connectivity index is 1.98. The monoisotopic (exact) mass is 277 g/mol. The van der Waals surface area contributed by atoms with Crippen LogP contribution in [0.4, 0.5) is 11.4 Å². The number of nitrogen functional groups attached to an aromatic ring is 1. The molecule has 0 aromatic heterocycles. The number of hydrogen-bond acceptors (Lipinski definition) is 4. The van der Waals surface area contributed by atoms with Crippen molar-refractivity contribution in [2.24, 2.45) is 0 Å². The molecule has 20 heavy (non-hydrogen) atoms. The van der Waals surface area contributed by atoms with Crippen molar-refractivity contribution >= 4 is 17.3 Å². The SMILES string of the molecule is CCC1COCCN1CC(=O)Nc1c(C)cccc1N. The van der Waals surface area contributed by atoms with Gasteiger partial charge in [-0.3, -0.25) is 9.69 Å². The quantitative estimate of drug-likeness (QED) is 0.821. The summed E-state index contributed by atoms with van der Waals surface area (Å²) in [6, 6.07) is 5.95. The molecule has 1 unspecified atom stereocenters. The van der Waals surface area contributed by atoms with Crippen LogP contribution in [0.5, 0.6) is 0 Å². The molecule has 1 aromatic carbocycles. The third kappa shape index (κ3) is 3.49. The highest BCUT2D eigenvalue weighted by molar-refractivity contribution is 5.96. The zero-order valence-corrected chi connectivity index (χ0v) is 12.2. The summed E-state index contributed by atoms with van der Waals surface area (Å²) in [5.74, 6) is -0.0219. The lowest BCUT2D eigenvalue weighted by molar-refractivity contribution is -0.119. The summed E-state index contributed by atoms with van der Waals surface area (Å²) in [4.78, 5) is 14.4. The van der Waals surface area contributed by atoms with Gasteiger partial charge in [-0.05, 0) is 25.0 Å². The molecule has 1 fully saturated rings. The van der Waals surface area contributed by atoms with Crippen molar-refractivity contribution in [1.29, 1.82) is 0 Å². The van der Waals surface area contributed by atoms with Gasteiger partial charge in [0.15, 0.2) is 0 Å². The average Bonchev–Trinajstić information content (AvgIpc) is 2.44. The average molecular weight is 277 g/mol. The third-order valence-corrected chi connectivity index (χ3v) is 3.74. The van der Waals surface area contributed by atoms with Crippen molar-refractivity contribution < 1.29 is 9.53 Å². The standard InChI is InChI=1S/C15H23N3O2/c1-3-12-10-20-8-7-18(12)9-14(19)17-15-11(2)5-4-6-13(15)16/h4-6,12H,3,7-10,16H2,1-2H3,(H,17,19). The second-order valence-electron chi connectivity index (χ2n) is 5.19. The number of anilines is 2. The Morgan fingerprint density at radius 1 is 1.55 bits per heavy atom. The molecular formula is C15H23N3O2. The van der Waals surface area contributed by atoms with Crippen LogP contribution in [0.2, 0.25) is 0 Å². The summed E-state index contributed by atoms with van der Waals surface area (Å²) in [5, 5.41) is 2.92. The molecule has 1 atom stereocenters. The van der Waals surface area contributed by atoms with Crippen LogP contribution < -0.4 is 11.1 Å². The van der Waals surface area contributed by atoms with Crippen LogP contribution in [0.25, 0.3) is 0 Å². The maximum Gasteiger partial charge on any atom is 0.238 e. The van der Waals surface area contributed by atoms with E-state index in [0.29, 0.717) is 31.5 Å². The maximum absolute atomic E-state index is 12.2. The Kier molecular flexibility index (Phi) is 4.98. The first-order chi connectivity index (χ1) is 9.61. The highest BCUT2D eigenvalue weighted by Crippen LogP contribution is 2.22. The number of carbonyl (C=O) groups is 1. The molecule has 1 aliphatic rings. The second-order valence-corrected chi connectivity index (χ2v) is 5.19. The molecule has 1 saturated heterocycles. The maximum atomic E-state index is 12.2. The van der Waals surface area contributed by atoms with Crippen molar-refractivity contribution in [1.82, 2.24) is 4.90 Å². The van der Waals surface area contributed by atoms with Gasteiger partial charge < -0.3 is 15.8 Å². The number of carbonyl (C=O) groups excluding carboxylic acids is 1. The Morgan fingerprint density at radius 3 is 3.05 bits per heavy atom. The lowest BCUT2D eigenvalue weighted by atomic mass is 10.1. The minimum Gasteiger partial charge on any atom is -0.397 e. The van der Waals surface area contributed by atoms with Gasteiger partial charge in [0.2, 0.25) is 5.91 Å². The molecule has 0 bridgehead atoms. The molecule has 0 spiro atoms. The number of para-hydroxylation sites is 1. The second kappa shape index (κ2) is 6.72. The van der Waals surface area contributed by atoms with Crippen molar-refractivity contribution in [3.05, 3.63) is 23.8 Å². The Bertz CT molecular complexity index is 456. The molecule has 2 rings (SSSR count). The molecule has 0 radical (unpaired) electrons. The fraction of sp³-hybridized carbons (Fsp3) is 0.533. The number of hydrogen-bond donors (Lipinski definition) is 2. The summed E-state index contributed by atoms with van der Waals surface area (Å²) in [6.07, 6.45) is 0.986. The topological polar surface area (TPSA) is 67.6 Å². The molecule has 1 aromatic rings. The predicted molar refractivity (Wildman–Crippen MR) is 80.7 cm³/mol. The zero-order chi connectivity index (χ0) is 14.5. The number of benzene rings is 1. The molecular weight excluding hydrogens is 254 g/mol. The van der Waals surface area contributed by atoms with Crippen molar-refractivity contribution in [3.8, 4) is 0 Å². The predicted octanol–water partition coefficient (Wildman–Crippen LogP) is 1.63. The third-order valence-electron chi connectivity index (χ3n) is 3.74. The van der Waals surface area contributed by atoms with Crippen LogP contribution in [-0.4, -0.2) is 43.2 Å². The summed E-state index contributed by atoms with van der Waals surface area (Å²) in [7, 11) is 0. The normalized spacial score (nSPS) is 19.8. The van der Waals surface area contributed by atoms with Crippen LogP contribution >= 0.6 is 0 Å². The van der Waals surface area contributed by atoms with Crippen LogP contribution in [0.1, 0.15) is 18.9 Å². The summed E-state index contributed by atoms with van der Waals surface area (Å²) < 4.78 is 5.45. The summed E-state index contributed by atoms with van der Waals surface area (Å²) >= 11 is 0. The fourth-order valence-corrected chi connectivity index (χ4v) is 2.50. The van der Waals surface area contributed by atoms with E-state index in [-0.39, 0.29) is 5.91 Å². The van der Waals surface area contributed by atoms with E-state index in [1.165, 1.54) is 0 Å². The first-order valence-electron chi connectivity index (χ1n) is 7.08. The highest BCUT2D eigenvalue weighted by Gasteiger charge is 2.23. The smallest absolute Gasteiger partial charge is 0.238 e. The summed E-state index contributed by atoms with van der Waals surface area (Å²) in [5.41, 5.74) is 8.21. The molecule has 110 valence electrons. The number of morpholine rings is 1. The van der Waals surface area contributed by atoms with Gasteiger partial charge in [-0.2, -0.15) is 0 Å². The molecule has 0 saturated carbocycles. The van der Waals surface area contributed by atoms with Crippen LogP contribution in [0.15, 0.2) is 18.2 Å². The Labute approximate surface area is 120 Å². The first-order valence-corrected chi connectivity index (χ1v) is 7.08. The van der Waals surface area contributed by atoms with Crippen LogP contribution in [-0.2, 0) is 9.53 Å². The number of nitrogens with two attached hydrogens (primary N) is 1. The van der Waals surface area contributed by atoms with E-state index in [4.69, 9.17) is 10.5 Å². The van der Waals surface area contributed by atoms with E-state index >= 15 is 0 Å². The molecule has 1 aliphatic heterocycles. The van der Waals surface area contributed by atoms with Gasteiger partial charge in [-0.1, -0.05) is 19.1 Å². The zero-order valence-electron chi connectivity index (χ0n) is 12.2. The minimum absolute atomic E-state index is 0.0219. The molecule has 5 heteroatoms. The van der Waals surface area contributed by atoms with E-state index in [2.05, 4.69) is 17.1 Å². The van der Waals surface area contributed by atoms with Crippen molar-refractivity contribution in [2.45, 2.75) is 26.3 Å². The molecule has 5 nitrogen and oxygen atoms in total.